The molecule has 9 nitrogen and oxygen atoms in total. The van der Waals surface area contributed by atoms with Gasteiger partial charge in [0.1, 0.15) is 12.4 Å². The Morgan fingerprint density at radius 1 is 1.24 bits per heavy atom. The van der Waals surface area contributed by atoms with Gasteiger partial charge in [0.2, 0.25) is 5.16 Å². The largest absolute Gasteiger partial charge is 0.305 e. The van der Waals surface area contributed by atoms with Crippen LogP contribution in [0.15, 0.2) is 22.7 Å². The molecule has 0 atom stereocenters. The zero-order chi connectivity index (χ0) is 14.7. The van der Waals surface area contributed by atoms with Crippen LogP contribution in [0.3, 0.4) is 0 Å². The highest BCUT2D eigenvalue weighted by Crippen LogP contribution is 2.31. The minimum absolute atomic E-state index is 0.133. The average molecular weight is 307 g/mol. The summed E-state index contributed by atoms with van der Waals surface area (Å²) in [5.41, 5.74) is -0.133. The van der Waals surface area contributed by atoms with Crippen molar-refractivity contribution in [2.75, 3.05) is 0 Å². The quantitative estimate of drug-likeness (QED) is 0.479. The van der Waals surface area contributed by atoms with Gasteiger partial charge in [-0.15, -0.1) is 5.10 Å². The van der Waals surface area contributed by atoms with E-state index in [9.17, 15) is 10.1 Å². The van der Waals surface area contributed by atoms with Gasteiger partial charge in [0.15, 0.2) is 5.16 Å². The van der Waals surface area contributed by atoms with Gasteiger partial charge in [0.05, 0.1) is 11.0 Å². The predicted octanol–water partition coefficient (Wildman–Crippen LogP) is 2.03. The second-order valence-corrected chi connectivity index (χ2v) is 5.72. The first kappa shape index (κ1) is 13.9. The highest BCUT2D eigenvalue weighted by Gasteiger charge is 2.21. The summed E-state index contributed by atoms with van der Waals surface area (Å²) >= 11 is 1.22. The molecular formula is C11H13N7O2S. The van der Waals surface area contributed by atoms with Gasteiger partial charge in [0, 0.05) is 0 Å². The summed E-state index contributed by atoms with van der Waals surface area (Å²) in [6, 6.07) is 0.314. The fourth-order valence-corrected chi connectivity index (χ4v) is 3.08. The Hall–Kier alpha value is -2.10. The van der Waals surface area contributed by atoms with Crippen molar-refractivity contribution in [1.82, 2.24) is 30.2 Å². The number of rotatable bonds is 4. The van der Waals surface area contributed by atoms with Gasteiger partial charge in [-0.1, -0.05) is 19.3 Å². The highest BCUT2D eigenvalue weighted by molar-refractivity contribution is 7.99. The Labute approximate surface area is 124 Å². The lowest BCUT2D eigenvalue weighted by atomic mass is 9.96. The maximum atomic E-state index is 10.6. The van der Waals surface area contributed by atoms with E-state index in [0.717, 1.165) is 12.8 Å². The number of nitro groups is 1. The van der Waals surface area contributed by atoms with E-state index in [0.29, 0.717) is 16.4 Å². The second kappa shape index (κ2) is 6.12. The molecule has 110 valence electrons. The Kier molecular flexibility index (Phi) is 4.04. The van der Waals surface area contributed by atoms with Gasteiger partial charge in [-0.05, 0) is 35.0 Å². The molecule has 0 bridgehead atoms. The molecule has 0 amide bonds. The van der Waals surface area contributed by atoms with E-state index in [1.807, 2.05) is 4.68 Å². The van der Waals surface area contributed by atoms with Crippen LogP contribution in [0.25, 0.3) is 0 Å². The Morgan fingerprint density at radius 2 is 1.95 bits per heavy atom. The van der Waals surface area contributed by atoms with E-state index in [2.05, 4.69) is 25.5 Å². The van der Waals surface area contributed by atoms with Crippen LogP contribution in [-0.4, -0.2) is 35.1 Å². The number of nitrogens with zero attached hydrogens (tertiary/aromatic N) is 7. The molecule has 2 heterocycles. The average Bonchev–Trinajstić information content (AvgIpc) is 2.97. The lowest BCUT2D eigenvalue weighted by molar-refractivity contribution is -0.385. The first-order valence-electron chi connectivity index (χ1n) is 6.66. The van der Waals surface area contributed by atoms with Gasteiger partial charge in [-0.25, -0.2) is 14.6 Å². The van der Waals surface area contributed by atoms with Crippen molar-refractivity contribution in [2.24, 2.45) is 0 Å². The molecule has 21 heavy (non-hydrogen) atoms. The molecular weight excluding hydrogens is 294 g/mol. The topological polar surface area (TPSA) is 113 Å². The standard InChI is InChI=1S/C11H13N7O2S/c19-18(20)9-6-12-10(13-7-9)21-11-14-15-16-17(11)8-4-2-1-3-5-8/h6-8H,1-5H2. The van der Waals surface area contributed by atoms with Gasteiger partial charge in [-0.3, -0.25) is 10.1 Å². The van der Waals surface area contributed by atoms with Crippen LogP contribution >= 0.6 is 11.8 Å². The van der Waals surface area contributed by atoms with Crippen molar-refractivity contribution in [2.45, 2.75) is 48.5 Å². The normalized spacial score (nSPS) is 16.0. The van der Waals surface area contributed by atoms with Crippen LogP contribution in [0.4, 0.5) is 5.69 Å². The van der Waals surface area contributed by atoms with E-state index in [1.54, 1.807) is 0 Å². The molecule has 0 spiro atoms. The van der Waals surface area contributed by atoms with E-state index >= 15 is 0 Å². The molecule has 2 aromatic heterocycles. The summed E-state index contributed by atoms with van der Waals surface area (Å²) in [7, 11) is 0. The third-order valence-corrected chi connectivity index (χ3v) is 4.24. The Bertz CT molecular complexity index is 624. The van der Waals surface area contributed by atoms with Crippen LogP contribution in [0.1, 0.15) is 38.1 Å². The Morgan fingerprint density at radius 3 is 2.62 bits per heavy atom. The fourth-order valence-electron chi connectivity index (χ4n) is 2.35. The van der Waals surface area contributed by atoms with E-state index in [1.165, 1.54) is 43.4 Å². The molecule has 0 unspecified atom stereocenters. The molecule has 2 aromatic rings. The van der Waals surface area contributed by atoms with Crippen molar-refractivity contribution in [3.63, 3.8) is 0 Å². The van der Waals surface area contributed by atoms with Gasteiger partial charge in [0.25, 0.3) is 0 Å². The molecule has 0 N–H and O–H groups in total. The van der Waals surface area contributed by atoms with Gasteiger partial charge in [-0.2, -0.15) is 0 Å². The van der Waals surface area contributed by atoms with Crippen molar-refractivity contribution in [3.05, 3.63) is 22.5 Å². The molecule has 1 saturated carbocycles. The first-order chi connectivity index (χ1) is 10.2. The summed E-state index contributed by atoms with van der Waals surface area (Å²) in [5, 5.41) is 23.4. The monoisotopic (exact) mass is 307 g/mol. The van der Waals surface area contributed by atoms with Crippen LogP contribution in [0.2, 0.25) is 0 Å². The first-order valence-corrected chi connectivity index (χ1v) is 7.48. The van der Waals surface area contributed by atoms with Gasteiger partial charge < -0.3 is 0 Å². The summed E-state index contributed by atoms with van der Waals surface area (Å²) in [6.45, 7) is 0. The minimum Gasteiger partial charge on any atom is -0.258 e. The van der Waals surface area contributed by atoms with Gasteiger partial charge >= 0.3 is 5.69 Å². The van der Waals surface area contributed by atoms with Crippen LogP contribution in [-0.2, 0) is 0 Å². The van der Waals surface area contributed by atoms with Crippen LogP contribution < -0.4 is 0 Å². The third-order valence-electron chi connectivity index (χ3n) is 3.39. The highest BCUT2D eigenvalue weighted by atomic mass is 32.2. The molecule has 1 fully saturated rings. The number of aromatic nitrogens is 6. The zero-order valence-electron chi connectivity index (χ0n) is 11.1. The minimum atomic E-state index is -0.527. The molecule has 0 radical (unpaired) electrons. The smallest absolute Gasteiger partial charge is 0.258 e. The predicted molar refractivity (Wildman–Crippen MR) is 72.7 cm³/mol. The summed E-state index contributed by atoms with van der Waals surface area (Å²) in [5.74, 6) is 0. The fraction of sp³-hybridized carbons (Fsp3) is 0.545. The molecule has 0 aliphatic heterocycles. The van der Waals surface area contributed by atoms with E-state index < -0.39 is 4.92 Å². The van der Waals surface area contributed by atoms with Crippen LogP contribution in [0, 0.1) is 10.1 Å². The van der Waals surface area contributed by atoms with Crippen LogP contribution in [0.5, 0.6) is 0 Å². The molecule has 3 rings (SSSR count). The summed E-state index contributed by atoms with van der Waals surface area (Å²) in [4.78, 5) is 18.0. The molecule has 0 saturated heterocycles. The Balaban J connectivity index is 1.75. The summed E-state index contributed by atoms with van der Waals surface area (Å²) < 4.78 is 1.81. The SMILES string of the molecule is O=[N+]([O-])c1cnc(Sc2nnnn2C2CCCCC2)nc1. The number of hydrogen-bond acceptors (Lipinski definition) is 8. The lowest BCUT2D eigenvalue weighted by Gasteiger charge is -2.21. The molecule has 1 aliphatic rings. The van der Waals surface area contributed by atoms with Crippen molar-refractivity contribution < 1.29 is 4.92 Å². The number of hydrogen-bond donors (Lipinski definition) is 0. The van der Waals surface area contributed by atoms with Crippen molar-refractivity contribution in [1.29, 1.82) is 0 Å². The van der Waals surface area contributed by atoms with Crippen molar-refractivity contribution in [3.8, 4) is 0 Å². The van der Waals surface area contributed by atoms with E-state index in [-0.39, 0.29) is 5.69 Å². The third kappa shape index (κ3) is 3.15. The molecule has 10 heteroatoms. The maximum Gasteiger partial charge on any atom is 0.305 e. The van der Waals surface area contributed by atoms with Crippen molar-refractivity contribution >= 4 is 17.4 Å². The summed E-state index contributed by atoms with van der Waals surface area (Å²) in [6.07, 6.45) is 8.13. The number of tetrazole rings is 1. The van der Waals surface area contributed by atoms with E-state index in [4.69, 9.17) is 0 Å². The second-order valence-electron chi connectivity index (χ2n) is 4.78. The molecule has 0 aromatic carbocycles. The zero-order valence-corrected chi connectivity index (χ0v) is 11.9. The molecule has 1 aliphatic carbocycles. The maximum absolute atomic E-state index is 10.6. The lowest BCUT2D eigenvalue weighted by Crippen LogP contribution is -2.15.